The second-order valence-corrected chi connectivity index (χ2v) is 20.0. The quantitative estimate of drug-likeness (QED) is 0.222. The molecule has 4 atom stereocenters. The molecule has 5 aliphatic rings. The lowest BCUT2D eigenvalue weighted by molar-refractivity contribution is -0.188. The first-order valence-corrected chi connectivity index (χ1v) is 18.8. The van der Waals surface area contributed by atoms with Gasteiger partial charge < -0.3 is 9.84 Å². The predicted molar refractivity (Wildman–Crippen MR) is 154 cm³/mol. The number of fused-ring (bicyclic) bond motifs is 1. The Morgan fingerprint density at radius 2 is 1.95 bits per heavy atom. The fourth-order valence-electron chi connectivity index (χ4n) is 8.23. The van der Waals surface area contributed by atoms with Gasteiger partial charge in [-0.05, 0) is 81.5 Å². The van der Waals surface area contributed by atoms with Crippen LogP contribution in [0.3, 0.4) is 0 Å². The number of amides is 3. The second-order valence-electron chi connectivity index (χ2n) is 14.4. The molecule has 3 amide bonds. The smallest absolute Gasteiger partial charge is 0.330 e. The average Bonchev–Trinajstić information content (AvgIpc) is 3.69. The van der Waals surface area contributed by atoms with Gasteiger partial charge in [0.25, 0.3) is 5.91 Å². The van der Waals surface area contributed by atoms with E-state index < -0.39 is 30.7 Å². The van der Waals surface area contributed by atoms with E-state index in [-0.39, 0.29) is 25.2 Å². The van der Waals surface area contributed by atoms with Crippen molar-refractivity contribution in [3.63, 3.8) is 0 Å². The fourth-order valence-corrected chi connectivity index (χ4v) is 8.98. The van der Waals surface area contributed by atoms with E-state index in [9.17, 15) is 20.0 Å². The third kappa shape index (κ3) is 4.25. The molecular weight excluding hydrogens is 520 g/mol. The zero-order chi connectivity index (χ0) is 28.5. The first-order chi connectivity index (χ1) is 18.9. The van der Waals surface area contributed by atoms with Gasteiger partial charge in [-0.15, -0.1) is 0 Å². The van der Waals surface area contributed by atoms with Gasteiger partial charge in [0.05, 0.1) is 11.7 Å². The van der Waals surface area contributed by atoms with Crippen LogP contribution < -0.4 is 0 Å². The van der Waals surface area contributed by atoms with Gasteiger partial charge in [-0.1, -0.05) is 43.4 Å². The normalized spacial score (nSPS) is 33.8. The van der Waals surface area contributed by atoms with Crippen LogP contribution in [0.2, 0.25) is 25.7 Å². The minimum absolute atomic E-state index is 0.00738. The molecule has 0 aromatic heterocycles. The van der Waals surface area contributed by atoms with Crippen LogP contribution in [0.4, 0.5) is 4.79 Å². The Labute approximate surface area is 239 Å². The van der Waals surface area contributed by atoms with E-state index >= 15 is 0 Å². The fraction of sp³-hybridized carbons (Fsp3) is 0.710. The summed E-state index contributed by atoms with van der Waals surface area (Å²) in [4.78, 5) is 33.2. The highest BCUT2D eigenvalue weighted by Crippen LogP contribution is 2.62. The molecule has 2 aliphatic heterocycles. The van der Waals surface area contributed by atoms with Crippen LogP contribution in [0.1, 0.15) is 55.2 Å². The van der Waals surface area contributed by atoms with Crippen LogP contribution >= 0.6 is 0 Å². The minimum Gasteiger partial charge on any atom is -0.387 e. The Hall–Kier alpha value is -2.25. The highest BCUT2D eigenvalue weighted by atomic mass is 28.3. The number of likely N-dealkylation sites (tertiary alicyclic amines) is 1. The summed E-state index contributed by atoms with van der Waals surface area (Å²) in [5.41, 5.74) is 0.714. The molecule has 3 aliphatic carbocycles. The Morgan fingerprint density at radius 1 is 1.18 bits per heavy atom. The van der Waals surface area contributed by atoms with Crippen molar-refractivity contribution < 1.29 is 19.4 Å². The highest BCUT2D eigenvalue weighted by molar-refractivity contribution is 6.76. The zero-order valence-electron chi connectivity index (χ0n) is 24.5. The number of urea groups is 1. The molecule has 6 rings (SSSR count). The summed E-state index contributed by atoms with van der Waals surface area (Å²) in [7, 11) is -1.33. The molecule has 8 nitrogen and oxygen atoms in total. The Morgan fingerprint density at radius 3 is 2.65 bits per heavy atom. The molecule has 0 radical (unpaired) electrons. The number of carbonyl (C=O) groups excluding carboxylic acids is 2. The predicted octanol–water partition coefficient (Wildman–Crippen LogP) is 4.03. The van der Waals surface area contributed by atoms with Gasteiger partial charge in [0.2, 0.25) is 0 Å². The lowest BCUT2D eigenvalue weighted by Gasteiger charge is -2.66. The molecule has 216 valence electrons. The number of nitriles is 1. The van der Waals surface area contributed by atoms with Crippen molar-refractivity contribution in [1.82, 2.24) is 14.7 Å². The molecule has 1 spiro atoms. The molecule has 1 aromatic carbocycles. The number of ether oxygens (including phenoxy) is 1. The number of carbonyl (C=O) groups is 2. The number of aliphatic hydroxyl groups is 1. The number of benzene rings is 1. The van der Waals surface area contributed by atoms with Crippen LogP contribution in [0, 0.1) is 24.2 Å². The Kier molecular flexibility index (Phi) is 6.73. The number of piperidine rings is 1. The van der Waals surface area contributed by atoms with Crippen molar-refractivity contribution in [2.45, 2.75) is 100 Å². The van der Waals surface area contributed by atoms with E-state index in [4.69, 9.17) is 4.74 Å². The van der Waals surface area contributed by atoms with Gasteiger partial charge in [0, 0.05) is 32.7 Å². The van der Waals surface area contributed by atoms with Crippen molar-refractivity contribution in [1.29, 1.82) is 5.26 Å². The summed E-state index contributed by atoms with van der Waals surface area (Å²) in [5, 5.41) is 22.5. The first-order valence-electron chi connectivity index (χ1n) is 15.1. The standard InChI is InChI=1S/C31H44N4O4Si/c1-22-5-8-24-18-26-31(38)10-9-30(20-29(31,25(24)17-22)11-13-33(26)19-23-6-7-23)27(36)34(28(37)35(30)14-12-32)21-39-15-16-40(2,3)4/h5,8,17,23,26,38H,6-7,9-11,13-16,18-21H2,1-4H3/t26-,29-,30+,31-/m1/s1. The van der Waals surface area contributed by atoms with Crippen LogP contribution in [0.15, 0.2) is 18.2 Å². The summed E-state index contributed by atoms with van der Waals surface area (Å²) in [6.45, 7) is 11.0. The lowest BCUT2D eigenvalue weighted by Crippen LogP contribution is -2.76. The van der Waals surface area contributed by atoms with Gasteiger partial charge in [0.1, 0.15) is 18.8 Å². The molecule has 9 heteroatoms. The topological polar surface area (TPSA) is 97.1 Å². The van der Waals surface area contributed by atoms with Crippen molar-refractivity contribution in [3.8, 4) is 6.07 Å². The summed E-state index contributed by atoms with van der Waals surface area (Å²) in [5.74, 6) is 0.453. The van der Waals surface area contributed by atoms with Gasteiger partial charge >= 0.3 is 6.03 Å². The second kappa shape index (κ2) is 9.65. The van der Waals surface area contributed by atoms with E-state index in [1.165, 1.54) is 28.2 Å². The molecule has 0 unspecified atom stereocenters. The molecular formula is C31H44N4O4Si. The van der Waals surface area contributed by atoms with Gasteiger partial charge in [-0.25, -0.2) is 9.69 Å². The Balaban J connectivity index is 1.37. The number of nitrogens with zero attached hydrogens (tertiary/aromatic N) is 4. The summed E-state index contributed by atoms with van der Waals surface area (Å²) in [6.07, 6.45) is 5.20. The van der Waals surface area contributed by atoms with E-state index in [1.807, 2.05) is 0 Å². The molecule has 4 fully saturated rings. The summed E-state index contributed by atoms with van der Waals surface area (Å²) in [6, 6.07) is 9.21. The average molecular weight is 565 g/mol. The van der Waals surface area contributed by atoms with Gasteiger partial charge in [-0.2, -0.15) is 5.26 Å². The summed E-state index contributed by atoms with van der Waals surface area (Å²) < 4.78 is 5.88. The number of hydrogen-bond acceptors (Lipinski definition) is 6. The number of rotatable bonds is 8. The lowest BCUT2D eigenvalue weighted by atomic mass is 9.46. The molecule has 2 saturated carbocycles. The molecule has 2 heterocycles. The number of imide groups is 1. The van der Waals surface area contributed by atoms with E-state index in [0.29, 0.717) is 25.9 Å². The monoisotopic (exact) mass is 564 g/mol. The van der Waals surface area contributed by atoms with Crippen LogP contribution in [0.5, 0.6) is 0 Å². The molecule has 1 aromatic rings. The van der Waals surface area contributed by atoms with Crippen LogP contribution in [-0.2, 0) is 21.4 Å². The largest absolute Gasteiger partial charge is 0.387 e. The first kappa shape index (κ1) is 27.9. The van der Waals surface area contributed by atoms with Crippen molar-refractivity contribution in [2.75, 3.05) is 33.0 Å². The number of aryl methyl sites for hydroxylation is 1. The van der Waals surface area contributed by atoms with Crippen LogP contribution in [-0.4, -0.2) is 90.0 Å². The molecule has 2 bridgehead atoms. The third-order valence-electron chi connectivity index (χ3n) is 10.6. The van der Waals surface area contributed by atoms with Crippen molar-refractivity contribution in [2.24, 2.45) is 5.92 Å². The summed E-state index contributed by atoms with van der Waals surface area (Å²) >= 11 is 0. The van der Waals surface area contributed by atoms with E-state index in [2.05, 4.69) is 55.7 Å². The van der Waals surface area contributed by atoms with Crippen molar-refractivity contribution in [3.05, 3.63) is 34.9 Å². The van der Waals surface area contributed by atoms with Gasteiger partial charge in [0.15, 0.2) is 0 Å². The number of hydrogen-bond donors (Lipinski definition) is 1. The molecule has 1 N–H and O–H groups in total. The van der Waals surface area contributed by atoms with Gasteiger partial charge in [-0.3, -0.25) is 14.6 Å². The SMILES string of the molecule is Cc1ccc2c(c1)[C@]13CCN(CC4CC4)[C@H](C2)[C@]1(O)CC[C@]1(C3)C(=O)N(COCC[Si](C)(C)C)C(=O)N1CC#N. The van der Waals surface area contributed by atoms with E-state index in [1.54, 1.807) is 0 Å². The molecule has 2 saturated heterocycles. The maximum Gasteiger partial charge on any atom is 0.330 e. The minimum atomic E-state index is -1.33. The zero-order valence-corrected chi connectivity index (χ0v) is 25.5. The third-order valence-corrected chi connectivity index (χ3v) is 12.3. The molecule has 40 heavy (non-hydrogen) atoms. The Bertz CT molecular complexity index is 1250. The maximum absolute atomic E-state index is 14.3. The maximum atomic E-state index is 14.3. The van der Waals surface area contributed by atoms with Crippen molar-refractivity contribution >= 4 is 20.0 Å². The van der Waals surface area contributed by atoms with E-state index in [0.717, 1.165) is 49.0 Å². The highest BCUT2D eigenvalue weighted by Gasteiger charge is 2.72. The van der Waals surface area contributed by atoms with Crippen LogP contribution in [0.25, 0.3) is 0 Å².